The molecule has 0 saturated heterocycles. The van der Waals surface area contributed by atoms with Crippen molar-refractivity contribution in [3.8, 4) is 0 Å². The molecule has 1 aromatic heterocycles. The maximum Gasteiger partial charge on any atom is 0.149 e. The molecule has 0 fully saturated rings. The Balaban J connectivity index is 2.87. The van der Waals surface area contributed by atoms with Crippen LogP contribution in [0.4, 0.5) is 14.5 Å². The number of nitrogens with zero attached hydrogens (tertiary/aromatic N) is 1. The third-order valence-electron chi connectivity index (χ3n) is 2.66. The van der Waals surface area contributed by atoms with Crippen LogP contribution in [0.15, 0.2) is 18.2 Å². The third kappa shape index (κ3) is 1.95. The van der Waals surface area contributed by atoms with Crippen molar-refractivity contribution in [1.29, 1.82) is 0 Å². The van der Waals surface area contributed by atoms with Crippen LogP contribution in [-0.2, 0) is 5.41 Å². The summed E-state index contributed by atoms with van der Waals surface area (Å²) < 4.78 is 27.2. The summed E-state index contributed by atoms with van der Waals surface area (Å²) in [4.78, 5) is 4.17. The number of pyridine rings is 1. The van der Waals surface area contributed by atoms with Gasteiger partial charge < -0.3 is 5.73 Å². The van der Waals surface area contributed by atoms with Crippen LogP contribution in [0.3, 0.4) is 0 Å². The van der Waals surface area contributed by atoms with Gasteiger partial charge in [-0.05, 0) is 18.2 Å². The van der Waals surface area contributed by atoms with Gasteiger partial charge in [-0.2, -0.15) is 0 Å². The first-order valence-corrected chi connectivity index (χ1v) is 5.35. The zero-order chi connectivity index (χ0) is 12.8. The molecular formula is C13H14F2N2. The van der Waals surface area contributed by atoms with Crippen LogP contribution in [0.1, 0.15) is 26.5 Å². The Bertz CT molecular complexity index is 586. The highest BCUT2D eigenvalue weighted by Gasteiger charge is 2.19. The van der Waals surface area contributed by atoms with Crippen molar-refractivity contribution >= 4 is 16.6 Å². The molecule has 1 aromatic carbocycles. The summed E-state index contributed by atoms with van der Waals surface area (Å²) in [7, 11) is 0. The standard InChI is InChI=1S/C13H14F2N2/c1-13(2,3)10-6-9(16)11-7(14)4-5-8(15)12(11)17-10/h4-6H,1-3H3,(H2,16,17). The van der Waals surface area contributed by atoms with E-state index >= 15 is 0 Å². The molecule has 90 valence electrons. The lowest BCUT2D eigenvalue weighted by atomic mass is 9.91. The first-order valence-electron chi connectivity index (χ1n) is 5.35. The number of nitrogens with two attached hydrogens (primary N) is 1. The molecule has 0 aliphatic heterocycles. The zero-order valence-electron chi connectivity index (χ0n) is 10.0. The van der Waals surface area contributed by atoms with E-state index in [1.54, 1.807) is 6.07 Å². The van der Waals surface area contributed by atoms with E-state index in [4.69, 9.17) is 5.73 Å². The minimum Gasteiger partial charge on any atom is -0.398 e. The van der Waals surface area contributed by atoms with E-state index in [0.29, 0.717) is 5.69 Å². The van der Waals surface area contributed by atoms with E-state index in [9.17, 15) is 8.78 Å². The quantitative estimate of drug-likeness (QED) is 0.761. The Hall–Kier alpha value is -1.71. The summed E-state index contributed by atoms with van der Waals surface area (Å²) in [5.74, 6) is -1.11. The molecule has 0 unspecified atom stereocenters. The van der Waals surface area contributed by atoms with Gasteiger partial charge in [0.1, 0.15) is 17.2 Å². The van der Waals surface area contributed by atoms with Crippen LogP contribution in [0.2, 0.25) is 0 Å². The van der Waals surface area contributed by atoms with Gasteiger partial charge in [-0.25, -0.2) is 13.8 Å². The fourth-order valence-electron chi connectivity index (χ4n) is 1.68. The molecule has 17 heavy (non-hydrogen) atoms. The molecule has 0 atom stereocenters. The highest BCUT2D eigenvalue weighted by atomic mass is 19.1. The molecule has 1 heterocycles. The van der Waals surface area contributed by atoms with Crippen LogP contribution in [0, 0.1) is 11.6 Å². The summed E-state index contributed by atoms with van der Waals surface area (Å²) in [5, 5.41) is 0.0537. The number of halogens is 2. The summed E-state index contributed by atoms with van der Waals surface area (Å²) >= 11 is 0. The Morgan fingerprint density at radius 3 is 2.29 bits per heavy atom. The maximum absolute atomic E-state index is 13.6. The maximum atomic E-state index is 13.6. The van der Waals surface area contributed by atoms with Crippen molar-refractivity contribution in [2.45, 2.75) is 26.2 Å². The van der Waals surface area contributed by atoms with Gasteiger partial charge in [0.2, 0.25) is 0 Å². The number of nitrogen functional groups attached to an aromatic ring is 1. The highest BCUT2D eigenvalue weighted by Crippen LogP contribution is 2.30. The SMILES string of the molecule is CC(C)(C)c1cc(N)c2c(F)ccc(F)c2n1. The minimum absolute atomic E-state index is 0.00470. The number of rotatable bonds is 0. The van der Waals surface area contributed by atoms with Crippen LogP contribution < -0.4 is 5.73 Å². The Labute approximate surface area is 98.5 Å². The normalized spacial score (nSPS) is 12.1. The summed E-state index contributed by atoms with van der Waals surface area (Å²) in [6.45, 7) is 5.83. The second-order valence-electron chi connectivity index (χ2n) is 5.10. The molecular weight excluding hydrogens is 222 g/mol. The fraction of sp³-hybridized carbons (Fsp3) is 0.308. The van der Waals surface area contributed by atoms with E-state index in [1.165, 1.54) is 0 Å². The topological polar surface area (TPSA) is 38.9 Å². The molecule has 0 spiro atoms. The number of aromatic nitrogens is 1. The van der Waals surface area contributed by atoms with E-state index in [-0.39, 0.29) is 22.0 Å². The molecule has 0 aliphatic carbocycles. The minimum atomic E-state index is -0.556. The van der Waals surface area contributed by atoms with E-state index in [2.05, 4.69) is 4.98 Å². The van der Waals surface area contributed by atoms with Crippen molar-refractivity contribution in [2.24, 2.45) is 0 Å². The van der Waals surface area contributed by atoms with Crippen molar-refractivity contribution in [3.63, 3.8) is 0 Å². The first-order chi connectivity index (χ1) is 7.80. The van der Waals surface area contributed by atoms with E-state index in [0.717, 1.165) is 12.1 Å². The second kappa shape index (κ2) is 3.65. The van der Waals surface area contributed by atoms with Crippen molar-refractivity contribution < 1.29 is 8.78 Å². The Morgan fingerprint density at radius 1 is 1.12 bits per heavy atom. The molecule has 0 aliphatic rings. The predicted molar refractivity (Wildman–Crippen MR) is 64.8 cm³/mol. The van der Waals surface area contributed by atoms with Gasteiger partial charge in [0.25, 0.3) is 0 Å². The molecule has 0 bridgehead atoms. The molecule has 2 aromatic rings. The lowest BCUT2D eigenvalue weighted by Crippen LogP contribution is -2.14. The van der Waals surface area contributed by atoms with Gasteiger partial charge >= 0.3 is 0 Å². The summed E-state index contributed by atoms with van der Waals surface area (Å²) in [6.07, 6.45) is 0. The smallest absolute Gasteiger partial charge is 0.149 e. The van der Waals surface area contributed by atoms with Crippen molar-refractivity contribution in [3.05, 3.63) is 35.5 Å². The molecule has 2 nitrogen and oxygen atoms in total. The number of hydrogen-bond donors (Lipinski definition) is 1. The van der Waals surface area contributed by atoms with Gasteiger partial charge in [0.05, 0.1) is 5.39 Å². The van der Waals surface area contributed by atoms with Gasteiger partial charge in [-0.1, -0.05) is 20.8 Å². The Morgan fingerprint density at radius 2 is 1.71 bits per heavy atom. The molecule has 4 heteroatoms. The van der Waals surface area contributed by atoms with Crippen LogP contribution >= 0.6 is 0 Å². The zero-order valence-corrected chi connectivity index (χ0v) is 10.0. The van der Waals surface area contributed by atoms with Gasteiger partial charge in [-0.15, -0.1) is 0 Å². The third-order valence-corrected chi connectivity index (χ3v) is 2.66. The monoisotopic (exact) mass is 236 g/mol. The molecule has 0 saturated carbocycles. The Kier molecular flexibility index (Phi) is 2.53. The number of fused-ring (bicyclic) bond motifs is 1. The second-order valence-corrected chi connectivity index (χ2v) is 5.10. The van der Waals surface area contributed by atoms with Crippen LogP contribution in [-0.4, -0.2) is 4.98 Å². The van der Waals surface area contributed by atoms with Crippen molar-refractivity contribution in [1.82, 2.24) is 4.98 Å². The van der Waals surface area contributed by atoms with E-state index in [1.807, 2.05) is 20.8 Å². The lowest BCUT2D eigenvalue weighted by molar-refractivity contribution is 0.567. The lowest BCUT2D eigenvalue weighted by Gasteiger charge is -2.19. The first kappa shape index (κ1) is 11.8. The fourth-order valence-corrected chi connectivity index (χ4v) is 1.68. The average molecular weight is 236 g/mol. The molecule has 2 rings (SSSR count). The summed E-state index contributed by atoms with van der Waals surface area (Å²) in [6, 6.07) is 3.73. The van der Waals surface area contributed by atoms with Crippen LogP contribution in [0.25, 0.3) is 10.9 Å². The summed E-state index contributed by atoms with van der Waals surface area (Å²) in [5.41, 5.74) is 6.37. The largest absolute Gasteiger partial charge is 0.398 e. The molecule has 0 amide bonds. The predicted octanol–water partition coefficient (Wildman–Crippen LogP) is 3.39. The van der Waals surface area contributed by atoms with Gasteiger partial charge in [0.15, 0.2) is 0 Å². The number of benzene rings is 1. The highest BCUT2D eigenvalue weighted by molar-refractivity contribution is 5.91. The number of hydrogen-bond acceptors (Lipinski definition) is 2. The van der Waals surface area contributed by atoms with Crippen LogP contribution in [0.5, 0.6) is 0 Å². The average Bonchev–Trinajstić information content (AvgIpc) is 2.21. The van der Waals surface area contributed by atoms with Gasteiger partial charge in [-0.3, -0.25) is 0 Å². The van der Waals surface area contributed by atoms with Gasteiger partial charge in [0, 0.05) is 16.8 Å². The number of anilines is 1. The van der Waals surface area contributed by atoms with Crippen molar-refractivity contribution in [2.75, 3.05) is 5.73 Å². The van der Waals surface area contributed by atoms with E-state index < -0.39 is 11.6 Å². The molecule has 0 radical (unpaired) electrons. The molecule has 2 N–H and O–H groups in total.